The minimum absolute atomic E-state index is 0.348. The van der Waals surface area contributed by atoms with E-state index in [4.69, 9.17) is 51.6 Å². The van der Waals surface area contributed by atoms with E-state index in [2.05, 4.69) is 30.8 Å². The monoisotopic (exact) mass is 1240 g/mol. The maximum absolute atomic E-state index is 12.9. The van der Waals surface area contributed by atoms with Gasteiger partial charge < -0.3 is 140 Å². The predicted octanol–water partition coefficient (Wildman–Crippen LogP) is -11.7. The van der Waals surface area contributed by atoms with E-state index in [9.17, 15) is 94.0 Å². The third kappa shape index (κ3) is 16.3. The average Bonchev–Trinajstić information content (AvgIpc) is 2.50. The van der Waals surface area contributed by atoms with Crippen LogP contribution in [0.1, 0.15) is 41.0 Å². The molecule has 0 spiro atoms. The Morgan fingerprint density at radius 2 is 0.857 bits per heavy atom. The Bertz CT molecular complexity index is 2270. The lowest BCUT2D eigenvalue weighted by atomic mass is 9.79. The van der Waals surface area contributed by atoms with Gasteiger partial charge in [0, 0.05) is 33.6 Å². The van der Waals surface area contributed by atoms with Crippen LogP contribution in [0.2, 0.25) is 0 Å². The first-order valence-electron chi connectivity index (χ1n) is 26.9. The molecule has 84 heavy (non-hydrogen) atoms. The summed E-state index contributed by atoms with van der Waals surface area (Å²) in [6.07, 6.45) is -42.1. The molecule has 5 heterocycles. The topological polar surface area (TPSA) is 536 Å². The number of rotatable bonds is 23. The second-order valence-electron chi connectivity index (χ2n) is 21.2. The lowest BCUT2D eigenvalue weighted by Gasteiger charge is -2.51. The van der Waals surface area contributed by atoms with Crippen LogP contribution in [0.4, 0.5) is 0 Å². The van der Waals surface area contributed by atoms with Gasteiger partial charge in [-0.3, -0.25) is 23.4 Å². The Hall–Kier alpha value is -3.21. The van der Waals surface area contributed by atoms with Gasteiger partial charge in [-0.15, -0.1) is 0 Å². The number of ether oxygens (including phenoxy) is 10. The van der Waals surface area contributed by atoms with Gasteiger partial charge in [-0.05, 0) is 20.4 Å². The summed E-state index contributed by atoms with van der Waals surface area (Å²) in [6, 6.07) is -8.01. The van der Waals surface area contributed by atoms with Crippen LogP contribution < -0.4 is 26.6 Å². The van der Waals surface area contributed by atoms with Gasteiger partial charge in [-0.1, -0.05) is 0 Å². The van der Waals surface area contributed by atoms with Crippen LogP contribution in [0, 0.1) is 5.92 Å². The number of hydrogen-bond acceptors (Lipinski definition) is 32. The molecule has 1 saturated carbocycles. The third-order valence-electron chi connectivity index (χ3n) is 15.2. The zero-order valence-corrected chi connectivity index (χ0v) is 47.5. The molecule has 1 aliphatic carbocycles. The molecule has 486 valence electrons. The fraction of sp³-hybridized carbons (Fsp3) is 0.915. The molecule has 4 amide bonds. The van der Waals surface area contributed by atoms with Crippen molar-refractivity contribution in [2.24, 2.45) is 5.92 Å². The van der Waals surface area contributed by atoms with E-state index in [-0.39, 0.29) is 6.42 Å². The van der Waals surface area contributed by atoms with Crippen molar-refractivity contribution in [1.82, 2.24) is 26.6 Å². The number of amides is 4. The standard InChI is InChI=1S/C47H81N5O31S/c1-14-30(61)37(68)38(69)47(75-14)73-12-19-8-20(60)25(49-15(2)56)33(64)39(19)80-46-29(52-18(5)59)36(67)42(24(79-46)13-74-84(70,71)72-7)83-45-28(51-17(4)58)35(66)41(23(11-55)78-45)82-44-27(50-16(3)57)34(65)40(22(10-54)77-44)81-43-26(48-6)32(63)31(62)21(9-53)76-43/h14,19-48,53-55,60-69H,8-13H2,1-7H3,(H,49,56)(H,50,57)(H,51,58)(H,52,59). The molecule has 5 aliphatic heterocycles. The second-order valence-corrected chi connectivity index (χ2v) is 22.6. The molecule has 0 bridgehead atoms. The van der Waals surface area contributed by atoms with Crippen LogP contribution in [-0.2, 0) is 85.3 Å². The fourth-order valence-corrected chi connectivity index (χ4v) is 11.4. The van der Waals surface area contributed by atoms with Crippen molar-refractivity contribution in [2.45, 2.75) is 219 Å². The largest absolute Gasteiger partial charge is 0.399 e. The highest BCUT2D eigenvalue weighted by molar-refractivity contribution is 7.81. The van der Waals surface area contributed by atoms with Gasteiger partial charge in [0.25, 0.3) is 0 Å². The van der Waals surface area contributed by atoms with Crippen molar-refractivity contribution in [3.63, 3.8) is 0 Å². The summed E-state index contributed by atoms with van der Waals surface area (Å²) < 4.78 is 94.9. The quantitative estimate of drug-likeness (QED) is 0.0452. The number of aliphatic hydroxyl groups excluding tert-OH is 13. The van der Waals surface area contributed by atoms with E-state index in [1.165, 1.54) is 14.0 Å². The molecule has 36 nitrogen and oxygen atoms in total. The van der Waals surface area contributed by atoms with Crippen LogP contribution >= 0.6 is 0 Å². The summed E-state index contributed by atoms with van der Waals surface area (Å²) in [5.74, 6) is -4.42. The number of nitrogens with one attached hydrogen (secondary N) is 5. The maximum atomic E-state index is 12.9. The second kappa shape index (κ2) is 30.3. The highest BCUT2D eigenvalue weighted by atomic mass is 32.3. The first kappa shape index (κ1) is 69.9. The Morgan fingerprint density at radius 3 is 1.29 bits per heavy atom. The summed E-state index contributed by atoms with van der Waals surface area (Å²) >= 11 is 0. The SMILES string of the molecule is CNC1C(OC2C(CO)OC(OC3C(CO)OC(OC4C(COS(=O)(=O)OC)OC(OC5C(COC6OC(C)C(O)C(O)C6O)CC(O)C(NC(C)=O)C5O)C(NC(C)=O)C4O)C(NC(C)=O)C3O)C(NC(C)=O)C2O)OC(CO)C(O)C1O. The molecule has 30 unspecified atom stereocenters. The molecule has 6 fully saturated rings. The Kier molecular flexibility index (Phi) is 25.2. The number of carbonyl (C=O) groups excluding carboxylic acids is 4. The summed E-state index contributed by atoms with van der Waals surface area (Å²) in [7, 11) is -2.76. The highest BCUT2D eigenvalue weighted by Gasteiger charge is 2.58. The van der Waals surface area contributed by atoms with Gasteiger partial charge >= 0.3 is 10.4 Å². The minimum Gasteiger partial charge on any atom is -0.394 e. The van der Waals surface area contributed by atoms with Crippen molar-refractivity contribution in [2.75, 3.05) is 47.2 Å². The zero-order valence-electron chi connectivity index (χ0n) is 46.6. The molecule has 6 aliphatic rings. The van der Waals surface area contributed by atoms with E-state index in [0.29, 0.717) is 0 Å². The van der Waals surface area contributed by atoms with Gasteiger partial charge in [-0.25, -0.2) is 4.18 Å². The molecule has 6 rings (SSSR count). The average molecular weight is 1240 g/mol. The van der Waals surface area contributed by atoms with Crippen molar-refractivity contribution in [3.05, 3.63) is 0 Å². The summed E-state index contributed by atoms with van der Waals surface area (Å²) in [4.78, 5) is 50.8. The van der Waals surface area contributed by atoms with Crippen LogP contribution in [-0.4, -0.2) is 323 Å². The van der Waals surface area contributed by atoms with Crippen LogP contribution in [0.5, 0.6) is 0 Å². The molecular formula is C47H81N5O31S. The maximum Gasteiger partial charge on any atom is 0.399 e. The lowest BCUT2D eigenvalue weighted by Crippen LogP contribution is -2.72. The molecule has 18 N–H and O–H groups in total. The Morgan fingerprint density at radius 1 is 0.464 bits per heavy atom. The van der Waals surface area contributed by atoms with Crippen molar-refractivity contribution < 1.29 is 150 Å². The summed E-state index contributed by atoms with van der Waals surface area (Å²) in [6.45, 7) is 1.04. The smallest absolute Gasteiger partial charge is 0.394 e. The first-order valence-corrected chi connectivity index (χ1v) is 28.2. The van der Waals surface area contributed by atoms with Gasteiger partial charge in [-0.2, -0.15) is 8.42 Å². The molecule has 0 aromatic carbocycles. The number of carbonyl (C=O) groups is 4. The van der Waals surface area contributed by atoms with Crippen molar-refractivity contribution >= 4 is 34.0 Å². The Labute approximate surface area is 481 Å². The molecule has 30 atom stereocenters. The molecule has 5 saturated heterocycles. The fourth-order valence-electron chi connectivity index (χ4n) is 11.0. The number of likely N-dealkylation sites (N-methyl/N-ethyl adjacent to an activating group) is 1. The highest BCUT2D eigenvalue weighted by Crippen LogP contribution is 2.38. The van der Waals surface area contributed by atoms with Gasteiger partial charge in [0.1, 0.15) is 116 Å². The number of aliphatic hydroxyl groups is 13. The molecular weight excluding hydrogens is 1160 g/mol. The molecule has 0 aromatic rings. The van der Waals surface area contributed by atoms with E-state index in [1.807, 2.05) is 0 Å². The minimum atomic E-state index is -4.87. The third-order valence-corrected chi connectivity index (χ3v) is 16.1. The van der Waals surface area contributed by atoms with Gasteiger partial charge in [0.05, 0.1) is 70.5 Å². The van der Waals surface area contributed by atoms with Crippen LogP contribution in [0.25, 0.3) is 0 Å². The van der Waals surface area contributed by atoms with Crippen molar-refractivity contribution in [3.8, 4) is 0 Å². The molecule has 37 heteroatoms. The van der Waals surface area contributed by atoms with Crippen LogP contribution in [0.15, 0.2) is 0 Å². The number of hydrogen-bond donors (Lipinski definition) is 18. The Balaban J connectivity index is 1.30. The summed E-state index contributed by atoms with van der Waals surface area (Å²) in [5.41, 5.74) is 0. The molecule has 0 aromatic heterocycles. The van der Waals surface area contributed by atoms with E-state index in [1.54, 1.807) is 0 Å². The van der Waals surface area contributed by atoms with Crippen molar-refractivity contribution in [1.29, 1.82) is 0 Å². The predicted molar refractivity (Wildman–Crippen MR) is 269 cm³/mol. The van der Waals surface area contributed by atoms with Gasteiger partial charge in [0.2, 0.25) is 23.6 Å². The van der Waals surface area contributed by atoms with E-state index >= 15 is 0 Å². The zero-order chi connectivity index (χ0) is 62.4. The summed E-state index contributed by atoms with van der Waals surface area (Å²) in [5, 5.41) is 156. The van der Waals surface area contributed by atoms with Crippen LogP contribution in [0.3, 0.4) is 0 Å². The normalized spacial score (nSPS) is 44.8. The molecule has 0 radical (unpaired) electrons. The first-order chi connectivity index (χ1) is 39.5. The van der Waals surface area contributed by atoms with Gasteiger partial charge in [0.15, 0.2) is 31.5 Å². The van der Waals surface area contributed by atoms with E-state index in [0.717, 1.165) is 34.8 Å². The lowest BCUT2D eigenvalue weighted by molar-refractivity contribution is -0.365. The van der Waals surface area contributed by atoms with E-state index < -0.39 is 251 Å².